The Bertz CT molecular complexity index is 610. The summed E-state index contributed by atoms with van der Waals surface area (Å²) in [6.45, 7) is 5.79. The van der Waals surface area contributed by atoms with E-state index in [0.29, 0.717) is 31.2 Å². The summed E-state index contributed by atoms with van der Waals surface area (Å²) < 4.78 is 11.2. The van der Waals surface area contributed by atoms with Gasteiger partial charge in [-0.1, -0.05) is 25.2 Å². The second-order valence-electron chi connectivity index (χ2n) is 5.11. The van der Waals surface area contributed by atoms with E-state index in [9.17, 15) is 4.79 Å². The van der Waals surface area contributed by atoms with Crippen LogP contribution in [0.3, 0.4) is 0 Å². The molecule has 1 heterocycles. The Morgan fingerprint density at radius 1 is 1.43 bits per heavy atom. The summed E-state index contributed by atoms with van der Waals surface area (Å²) in [5.74, 6) is 0.0468. The molecular formula is C15H20N2O3S. The number of fused-ring (bicyclic) bond motifs is 1. The number of nitrogens with one attached hydrogen (secondary N) is 1. The summed E-state index contributed by atoms with van der Waals surface area (Å²) in [4.78, 5) is 16.4. The van der Waals surface area contributed by atoms with Crippen molar-refractivity contribution < 1.29 is 14.3 Å². The van der Waals surface area contributed by atoms with Crippen molar-refractivity contribution >= 4 is 32.7 Å². The third kappa shape index (κ3) is 4.41. The van der Waals surface area contributed by atoms with Crippen molar-refractivity contribution in [2.45, 2.75) is 13.8 Å². The van der Waals surface area contributed by atoms with E-state index in [2.05, 4.69) is 10.3 Å². The summed E-state index contributed by atoms with van der Waals surface area (Å²) in [6.07, 6.45) is 0. The van der Waals surface area contributed by atoms with Crippen molar-refractivity contribution in [3.05, 3.63) is 23.8 Å². The highest BCUT2D eigenvalue weighted by atomic mass is 32.1. The van der Waals surface area contributed by atoms with Gasteiger partial charge in [-0.2, -0.15) is 0 Å². The van der Waals surface area contributed by atoms with Crippen LogP contribution in [0, 0.1) is 5.92 Å². The first-order valence-electron chi connectivity index (χ1n) is 6.90. The number of hydrogen-bond acceptors (Lipinski definition) is 6. The maximum atomic E-state index is 11.9. The maximum Gasteiger partial charge on any atom is 0.338 e. The fourth-order valence-electron chi connectivity index (χ4n) is 1.71. The van der Waals surface area contributed by atoms with Crippen LogP contribution in [0.2, 0.25) is 0 Å². The van der Waals surface area contributed by atoms with Crippen LogP contribution < -0.4 is 5.32 Å². The van der Waals surface area contributed by atoms with Gasteiger partial charge in [-0.05, 0) is 24.1 Å². The number of hydrogen-bond donors (Lipinski definition) is 1. The largest absolute Gasteiger partial charge is 0.462 e. The first kappa shape index (κ1) is 15.7. The van der Waals surface area contributed by atoms with Gasteiger partial charge < -0.3 is 14.8 Å². The molecule has 0 atom stereocenters. The molecular weight excluding hydrogens is 288 g/mol. The van der Waals surface area contributed by atoms with Gasteiger partial charge in [-0.3, -0.25) is 0 Å². The van der Waals surface area contributed by atoms with Crippen LogP contribution in [0.1, 0.15) is 24.2 Å². The van der Waals surface area contributed by atoms with Gasteiger partial charge in [0, 0.05) is 13.7 Å². The summed E-state index contributed by atoms with van der Waals surface area (Å²) in [7, 11) is 1.66. The molecule has 2 aromatic rings. The molecule has 0 fully saturated rings. The van der Waals surface area contributed by atoms with Gasteiger partial charge in [0.2, 0.25) is 0 Å². The smallest absolute Gasteiger partial charge is 0.338 e. The molecule has 2 rings (SSSR count). The van der Waals surface area contributed by atoms with Gasteiger partial charge in [-0.25, -0.2) is 9.78 Å². The molecule has 0 unspecified atom stereocenters. The molecule has 0 aliphatic carbocycles. The maximum absolute atomic E-state index is 11.9. The molecule has 114 valence electrons. The minimum absolute atomic E-state index is 0.284. The number of aromatic nitrogens is 1. The highest BCUT2D eigenvalue weighted by Crippen LogP contribution is 2.27. The fourth-order valence-corrected chi connectivity index (χ4v) is 2.64. The molecule has 0 bridgehead atoms. The van der Waals surface area contributed by atoms with Gasteiger partial charge in [0.15, 0.2) is 5.13 Å². The van der Waals surface area contributed by atoms with Gasteiger partial charge in [0.1, 0.15) is 0 Å². The molecule has 0 saturated carbocycles. The zero-order valence-corrected chi connectivity index (χ0v) is 13.3. The molecule has 0 spiro atoms. The van der Waals surface area contributed by atoms with Crippen LogP contribution in [0.5, 0.6) is 0 Å². The van der Waals surface area contributed by atoms with E-state index in [0.717, 1.165) is 15.3 Å². The van der Waals surface area contributed by atoms with E-state index >= 15 is 0 Å². The van der Waals surface area contributed by atoms with Crippen molar-refractivity contribution in [3.63, 3.8) is 0 Å². The fraction of sp³-hybridized carbons (Fsp3) is 0.467. The molecule has 21 heavy (non-hydrogen) atoms. The van der Waals surface area contributed by atoms with Gasteiger partial charge in [-0.15, -0.1) is 0 Å². The average Bonchev–Trinajstić information content (AvgIpc) is 2.86. The van der Waals surface area contributed by atoms with Crippen molar-refractivity contribution in [1.82, 2.24) is 4.98 Å². The number of rotatable bonds is 7. The normalized spacial score (nSPS) is 11.0. The van der Waals surface area contributed by atoms with Crippen LogP contribution in [0.25, 0.3) is 10.2 Å². The van der Waals surface area contributed by atoms with Crippen molar-refractivity contribution in [2.75, 3.05) is 32.2 Å². The Kier molecular flexibility index (Phi) is 5.52. The Morgan fingerprint density at radius 3 is 2.95 bits per heavy atom. The third-order valence-corrected chi connectivity index (χ3v) is 3.73. The number of ether oxygens (including phenoxy) is 2. The van der Waals surface area contributed by atoms with Crippen molar-refractivity contribution in [3.8, 4) is 0 Å². The summed E-state index contributed by atoms with van der Waals surface area (Å²) >= 11 is 1.52. The number of methoxy groups -OCH3 is 1. The van der Waals surface area contributed by atoms with Crippen LogP contribution in [0.4, 0.5) is 5.13 Å². The summed E-state index contributed by atoms with van der Waals surface area (Å²) in [6, 6.07) is 5.43. The number of nitrogens with zero attached hydrogens (tertiary/aromatic N) is 1. The predicted octanol–water partition coefficient (Wildman–Crippen LogP) is 3.17. The number of benzene rings is 1. The van der Waals surface area contributed by atoms with Gasteiger partial charge in [0.05, 0.1) is 29.0 Å². The average molecular weight is 308 g/mol. The van der Waals surface area contributed by atoms with Crippen LogP contribution >= 0.6 is 11.3 Å². The molecule has 1 aromatic heterocycles. The molecule has 5 nitrogen and oxygen atoms in total. The first-order chi connectivity index (χ1) is 10.1. The van der Waals surface area contributed by atoms with E-state index in [4.69, 9.17) is 9.47 Å². The molecule has 0 aliphatic heterocycles. The first-order valence-corrected chi connectivity index (χ1v) is 7.72. The summed E-state index contributed by atoms with van der Waals surface area (Å²) in [5, 5.41) is 4.02. The predicted molar refractivity (Wildman–Crippen MR) is 85.1 cm³/mol. The van der Waals surface area contributed by atoms with E-state index in [1.807, 2.05) is 26.0 Å². The second-order valence-corrected chi connectivity index (χ2v) is 6.14. The molecule has 0 amide bonds. The van der Waals surface area contributed by atoms with Crippen molar-refractivity contribution in [2.24, 2.45) is 5.92 Å². The number of carbonyl (C=O) groups is 1. The lowest BCUT2D eigenvalue weighted by Crippen LogP contribution is -2.09. The number of esters is 1. The molecule has 1 aromatic carbocycles. The Morgan fingerprint density at radius 2 is 2.24 bits per heavy atom. The highest BCUT2D eigenvalue weighted by molar-refractivity contribution is 7.22. The summed E-state index contributed by atoms with van der Waals surface area (Å²) in [5.41, 5.74) is 1.44. The third-order valence-electron chi connectivity index (χ3n) is 2.75. The number of anilines is 1. The van der Waals surface area contributed by atoms with Gasteiger partial charge >= 0.3 is 5.97 Å². The van der Waals surface area contributed by atoms with Crippen molar-refractivity contribution in [1.29, 1.82) is 0 Å². The zero-order valence-electron chi connectivity index (χ0n) is 12.5. The second kappa shape index (κ2) is 7.38. The lowest BCUT2D eigenvalue weighted by atomic mass is 10.2. The molecule has 0 aliphatic rings. The minimum atomic E-state index is -0.284. The SMILES string of the molecule is COCCNc1nc2ccc(C(=O)OCC(C)C)cc2s1. The van der Waals surface area contributed by atoms with E-state index in [1.165, 1.54) is 11.3 Å². The Hall–Kier alpha value is -1.66. The van der Waals surface area contributed by atoms with Crippen LogP contribution in [-0.2, 0) is 9.47 Å². The molecule has 0 saturated heterocycles. The van der Waals surface area contributed by atoms with Crippen LogP contribution in [-0.4, -0.2) is 37.8 Å². The van der Waals surface area contributed by atoms with Gasteiger partial charge in [0.25, 0.3) is 0 Å². The quantitative estimate of drug-likeness (QED) is 0.629. The van der Waals surface area contributed by atoms with E-state index in [-0.39, 0.29) is 5.97 Å². The topological polar surface area (TPSA) is 60.5 Å². The molecule has 1 N–H and O–H groups in total. The zero-order chi connectivity index (χ0) is 15.2. The standard InChI is InChI=1S/C15H20N2O3S/c1-10(2)9-20-14(18)11-4-5-12-13(8-11)21-15(17-12)16-6-7-19-3/h4-5,8,10H,6-7,9H2,1-3H3,(H,16,17). The van der Waals surface area contributed by atoms with E-state index < -0.39 is 0 Å². The van der Waals surface area contributed by atoms with Crippen LogP contribution in [0.15, 0.2) is 18.2 Å². The number of thiazole rings is 1. The van der Waals surface area contributed by atoms with E-state index in [1.54, 1.807) is 13.2 Å². The monoisotopic (exact) mass is 308 g/mol. The lowest BCUT2D eigenvalue weighted by molar-refractivity contribution is 0.0459. The molecule has 6 heteroatoms. The Balaban J connectivity index is 2.08. The Labute approximate surface area is 128 Å². The number of carbonyl (C=O) groups excluding carboxylic acids is 1. The highest BCUT2D eigenvalue weighted by Gasteiger charge is 2.11. The molecule has 0 radical (unpaired) electrons. The lowest BCUT2D eigenvalue weighted by Gasteiger charge is -2.06. The minimum Gasteiger partial charge on any atom is -0.462 e.